The lowest BCUT2D eigenvalue weighted by molar-refractivity contribution is -0.115. The van der Waals surface area contributed by atoms with Crippen molar-refractivity contribution in [2.45, 2.75) is 0 Å². The highest BCUT2D eigenvalue weighted by atomic mass is 79.9. The first-order valence-corrected chi connectivity index (χ1v) is 9.41. The summed E-state index contributed by atoms with van der Waals surface area (Å²) in [6.07, 6.45) is 2.92. The minimum absolute atomic E-state index is 0.000412. The normalized spacial score (nSPS) is 10.6. The molecule has 0 radical (unpaired) electrons. The molecule has 26 heavy (non-hydrogen) atoms. The van der Waals surface area contributed by atoms with Crippen molar-refractivity contribution in [2.75, 3.05) is 5.32 Å². The Morgan fingerprint density at radius 2 is 1.81 bits per heavy atom. The standard InChI is InChI=1S/C17H11Br2ClN2O3S/c18-10-7-12(16(24)25)15(13(19)8-10)22-17(26)21-14(23)6-3-9-1-4-11(20)5-2-9/h1-8H,(H,24,25)(H2,21,22,23,26). The van der Waals surface area contributed by atoms with Gasteiger partial charge >= 0.3 is 5.97 Å². The molecule has 0 aliphatic heterocycles. The number of nitrogens with one attached hydrogen (secondary N) is 2. The van der Waals surface area contributed by atoms with Crippen LogP contribution >= 0.6 is 55.7 Å². The largest absolute Gasteiger partial charge is 0.478 e. The molecule has 0 spiro atoms. The van der Waals surface area contributed by atoms with Crippen molar-refractivity contribution >= 4 is 84.4 Å². The Morgan fingerprint density at radius 1 is 1.15 bits per heavy atom. The SMILES string of the molecule is O=C(C=Cc1ccc(Cl)cc1)NC(=S)Nc1c(Br)cc(Br)cc1C(=O)O. The minimum Gasteiger partial charge on any atom is -0.478 e. The number of rotatable bonds is 4. The Morgan fingerprint density at radius 3 is 2.42 bits per heavy atom. The van der Waals surface area contributed by atoms with Gasteiger partial charge in [-0.05, 0) is 64.1 Å². The number of carboxylic acids is 1. The molecule has 134 valence electrons. The van der Waals surface area contributed by atoms with Gasteiger partial charge < -0.3 is 10.4 Å². The summed E-state index contributed by atoms with van der Waals surface area (Å²) in [6.45, 7) is 0. The average Bonchev–Trinajstić information content (AvgIpc) is 2.56. The Labute approximate surface area is 176 Å². The van der Waals surface area contributed by atoms with Gasteiger partial charge in [0.2, 0.25) is 5.91 Å². The smallest absolute Gasteiger partial charge is 0.337 e. The van der Waals surface area contributed by atoms with Crippen LogP contribution in [-0.4, -0.2) is 22.1 Å². The van der Waals surface area contributed by atoms with E-state index in [4.69, 9.17) is 23.8 Å². The lowest BCUT2D eigenvalue weighted by atomic mass is 10.2. The van der Waals surface area contributed by atoms with E-state index in [9.17, 15) is 14.7 Å². The summed E-state index contributed by atoms with van der Waals surface area (Å²) in [6, 6.07) is 10.1. The first-order valence-electron chi connectivity index (χ1n) is 7.04. The van der Waals surface area contributed by atoms with Crippen LogP contribution in [0.3, 0.4) is 0 Å². The van der Waals surface area contributed by atoms with Crippen molar-refractivity contribution < 1.29 is 14.7 Å². The average molecular weight is 519 g/mol. The summed E-state index contributed by atoms with van der Waals surface area (Å²) >= 11 is 17.4. The van der Waals surface area contributed by atoms with Gasteiger partial charge in [0.05, 0.1) is 11.3 Å². The van der Waals surface area contributed by atoms with E-state index in [1.807, 2.05) is 0 Å². The molecule has 0 aliphatic carbocycles. The van der Waals surface area contributed by atoms with Crippen LogP contribution in [0.25, 0.3) is 6.08 Å². The maximum absolute atomic E-state index is 12.0. The van der Waals surface area contributed by atoms with E-state index < -0.39 is 11.9 Å². The van der Waals surface area contributed by atoms with Crippen molar-refractivity contribution in [1.29, 1.82) is 0 Å². The molecular formula is C17H11Br2ClN2O3S. The number of amides is 1. The molecular weight excluding hydrogens is 508 g/mol. The van der Waals surface area contributed by atoms with Gasteiger partial charge in [-0.25, -0.2) is 4.79 Å². The van der Waals surface area contributed by atoms with Gasteiger partial charge in [-0.1, -0.05) is 39.7 Å². The molecule has 0 aromatic heterocycles. The Kier molecular flexibility index (Phi) is 7.33. The van der Waals surface area contributed by atoms with Gasteiger partial charge in [0.25, 0.3) is 0 Å². The van der Waals surface area contributed by atoms with Crippen LogP contribution in [-0.2, 0) is 4.79 Å². The fourth-order valence-corrected chi connectivity index (χ4v) is 3.57. The molecule has 0 saturated heterocycles. The van der Waals surface area contributed by atoms with E-state index in [0.717, 1.165) is 5.56 Å². The van der Waals surface area contributed by atoms with Crippen LogP contribution in [0.2, 0.25) is 5.02 Å². The third kappa shape index (κ3) is 5.91. The third-order valence-electron chi connectivity index (χ3n) is 3.06. The number of hydrogen-bond acceptors (Lipinski definition) is 3. The number of halogens is 3. The van der Waals surface area contributed by atoms with E-state index in [2.05, 4.69) is 42.5 Å². The Hall–Kier alpha value is -1.74. The minimum atomic E-state index is -1.13. The van der Waals surface area contributed by atoms with Crippen molar-refractivity contribution in [3.8, 4) is 0 Å². The quantitative estimate of drug-likeness (QED) is 0.388. The van der Waals surface area contributed by atoms with Crippen LogP contribution in [0.5, 0.6) is 0 Å². The number of anilines is 1. The van der Waals surface area contributed by atoms with Crippen molar-refractivity contribution in [1.82, 2.24) is 5.32 Å². The zero-order valence-electron chi connectivity index (χ0n) is 12.9. The molecule has 0 unspecified atom stereocenters. The van der Waals surface area contributed by atoms with Gasteiger partial charge in [0.1, 0.15) is 0 Å². The van der Waals surface area contributed by atoms with Crippen molar-refractivity contribution in [2.24, 2.45) is 0 Å². The first kappa shape index (κ1) is 20.6. The number of carbonyl (C=O) groups is 2. The summed E-state index contributed by atoms with van der Waals surface area (Å²) in [5.41, 5.74) is 1.04. The first-order chi connectivity index (χ1) is 12.3. The third-order valence-corrected chi connectivity index (χ3v) is 4.60. The maximum Gasteiger partial charge on any atom is 0.337 e. The number of carbonyl (C=O) groups excluding carboxylic acids is 1. The number of carboxylic acid groups (broad SMARTS) is 1. The van der Waals surface area contributed by atoms with E-state index in [0.29, 0.717) is 14.0 Å². The van der Waals surface area contributed by atoms with E-state index in [1.54, 1.807) is 36.4 Å². The zero-order chi connectivity index (χ0) is 19.3. The number of benzene rings is 2. The molecule has 2 aromatic rings. The van der Waals surface area contributed by atoms with Crippen LogP contribution < -0.4 is 10.6 Å². The lowest BCUT2D eigenvalue weighted by Crippen LogP contribution is -2.33. The van der Waals surface area contributed by atoms with Gasteiger partial charge in [-0.15, -0.1) is 0 Å². The monoisotopic (exact) mass is 516 g/mol. The molecule has 1 amide bonds. The van der Waals surface area contributed by atoms with Crippen molar-refractivity contribution in [3.63, 3.8) is 0 Å². The highest BCUT2D eigenvalue weighted by Gasteiger charge is 2.16. The highest BCUT2D eigenvalue weighted by Crippen LogP contribution is 2.30. The topological polar surface area (TPSA) is 78.4 Å². The Balaban J connectivity index is 2.06. The molecule has 2 aromatic carbocycles. The molecule has 5 nitrogen and oxygen atoms in total. The summed E-state index contributed by atoms with van der Waals surface area (Å²) in [4.78, 5) is 23.3. The summed E-state index contributed by atoms with van der Waals surface area (Å²) in [5, 5.41) is 15.1. The van der Waals surface area contributed by atoms with Gasteiger partial charge in [-0.2, -0.15) is 0 Å². The fourth-order valence-electron chi connectivity index (χ4n) is 1.91. The second kappa shape index (κ2) is 9.27. The predicted molar refractivity (Wildman–Crippen MR) is 114 cm³/mol. The molecule has 0 fully saturated rings. The fraction of sp³-hybridized carbons (Fsp3) is 0. The molecule has 0 saturated carbocycles. The van der Waals surface area contributed by atoms with Crippen LogP contribution in [0.4, 0.5) is 5.69 Å². The van der Waals surface area contributed by atoms with E-state index in [-0.39, 0.29) is 16.4 Å². The summed E-state index contributed by atoms with van der Waals surface area (Å²) in [7, 11) is 0. The molecule has 0 bridgehead atoms. The molecule has 9 heteroatoms. The summed E-state index contributed by atoms with van der Waals surface area (Å²) in [5.74, 6) is -1.59. The molecule has 0 atom stereocenters. The maximum atomic E-state index is 12.0. The van der Waals surface area contributed by atoms with Gasteiger partial charge in [0.15, 0.2) is 5.11 Å². The second-order valence-electron chi connectivity index (χ2n) is 4.94. The predicted octanol–water partition coefficient (Wildman–Crippen LogP) is 5.09. The van der Waals surface area contributed by atoms with E-state index >= 15 is 0 Å². The lowest BCUT2D eigenvalue weighted by Gasteiger charge is -2.13. The number of thiocarbonyl (C=S) groups is 1. The van der Waals surface area contributed by atoms with Gasteiger partial charge in [-0.3, -0.25) is 10.1 Å². The van der Waals surface area contributed by atoms with Crippen LogP contribution in [0.15, 0.2) is 51.4 Å². The molecule has 0 aliphatic rings. The summed E-state index contributed by atoms with van der Waals surface area (Å²) < 4.78 is 1.07. The highest BCUT2D eigenvalue weighted by molar-refractivity contribution is 9.11. The van der Waals surface area contributed by atoms with Gasteiger partial charge in [0, 0.05) is 20.0 Å². The molecule has 2 rings (SSSR count). The second-order valence-corrected chi connectivity index (χ2v) is 7.56. The molecule has 0 heterocycles. The Bertz CT molecular complexity index is 902. The van der Waals surface area contributed by atoms with Crippen LogP contribution in [0, 0.1) is 0 Å². The molecule has 3 N–H and O–H groups in total. The van der Waals surface area contributed by atoms with Crippen LogP contribution in [0.1, 0.15) is 15.9 Å². The zero-order valence-corrected chi connectivity index (χ0v) is 17.7. The van der Waals surface area contributed by atoms with Crippen molar-refractivity contribution in [3.05, 3.63) is 67.6 Å². The number of aromatic carboxylic acids is 1. The number of hydrogen-bond donors (Lipinski definition) is 3. The van der Waals surface area contributed by atoms with E-state index in [1.165, 1.54) is 12.1 Å².